The van der Waals surface area contributed by atoms with E-state index in [4.69, 9.17) is 6.52 Å². The molecule has 0 heterocycles. The second-order valence-electron chi connectivity index (χ2n) is 1.15. The van der Waals surface area contributed by atoms with Crippen LogP contribution in [0.1, 0.15) is 0 Å². The van der Waals surface area contributed by atoms with Gasteiger partial charge >= 0.3 is 0 Å². The van der Waals surface area contributed by atoms with Gasteiger partial charge in [-0.3, -0.25) is 4.79 Å². The minimum absolute atomic E-state index is 0.0326. The van der Waals surface area contributed by atoms with Crippen molar-refractivity contribution in [3.05, 3.63) is 12.7 Å². The summed E-state index contributed by atoms with van der Waals surface area (Å²) in [5.74, 6) is -0.496. The van der Waals surface area contributed by atoms with Crippen LogP contribution in [-0.4, -0.2) is 24.2 Å². The van der Waals surface area contributed by atoms with E-state index in [1.165, 1.54) is 0 Å². The molecule has 2 N–H and O–H groups in total. The minimum Gasteiger partial charge on any atom is -0.395 e. The Labute approximate surface area is 49.5 Å². The summed E-state index contributed by atoms with van der Waals surface area (Å²) in [5.41, 5.74) is 0. The zero-order valence-corrected chi connectivity index (χ0v) is 4.50. The molecule has 0 unspecified atom stereocenters. The number of aliphatic hydroxyl groups excluding tert-OH is 1. The van der Waals surface area contributed by atoms with Crippen LogP contribution in [0.3, 0.4) is 0 Å². The first kappa shape index (κ1) is 5.31. The molecule has 46 valence electrons. The van der Waals surface area contributed by atoms with Crippen LogP contribution in [0.25, 0.3) is 0 Å². The molecule has 0 aliphatic carbocycles. The smallest absolute Gasteiger partial charge is 0.243 e. The van der Waals surface area contributed by atoms with Crippen molar-refractivity contribution in [2.24, 2.45) is 0 Å². The number of hydrogen-bond acceptors (Lipinski definition) is 2. The lowest BCUT2D eigenvalue weighted by Gasteiger charge is -1.94. The molecule has 0 fully saturated rings. The maximum absolute atomic E-state index is 10.4. The summed E-state index contributed by atoms with van der Waals surface area (Å²) in [6, 6.07) is 0. The van der Waals surface area contributed by atoms with E-state index in [9.17, 15) is 4.79 Å². The fraction of sp³-hybridized carbons (Fsp3) is 0.400. The quantitative estimate of drug-likeness (QED) is 0.478. The molecule has 0 rings (SSSR count). The average Bonchev–Trinajstić information content (AvgIpc) is 1.87. The van der Waals surface area contributed by atoms with Gasteiger partial charge in [0.1, 0.15) is 0 Å². The van der Waals surface area contributed by atoms with E-state index in [0.29, 0.717) is 5.31 Å². The van der Waals surface area contributed by atoms with Crippen LogP contribution in [-0.2, 0) is 4.79 Å². The molecule has 0 saturated heterocycles. The largest absolute Gasteiger partial charge is 0.395 e. The van der Waals surface area contributed by atoms with E-state index < -0.39 is 5.91 Å². The van der Waals surface area contributed by atoms with Crippen LogP contribution in [0.15, 0.2) is 12.7 Å². The van der Waals surface area contributed by atoms with Gasteiger partial charge in [-0.1, -0.05) is 6.58 Å². The van der Waals surface area contributed by atoms with Gasteiger partial charge in [0.05, 0.1) is 6.61 Å². The predicted molar refractivity (Wildman–Crippen MR) is 30.3 cm³/mol. The van der Waals surface area contributed by atoms with Crippen LogP contribution in [0.5, 0.6) is 0 Å². The minimum atomic E-state index is -0.496. The third-order valence-corrected chi connectivity index (χ3v) is 0.542. The topological polar surface area (TPSA) is 49.3 Å². The third-order valence-electron chi connectivity index (χ3n) is 0.542. The van der Waals surface area contributed by atoms with Gasteiger partial charge in [0.25, 0.3) is 0 Å². The van der Waals surface area contributed by atoms with Crippen LogP contribution < -0.4 is 5.31 Å². The molecule has 0 atom stereocenters. The molecule has 0 aromatic carbocycles. The molecule has 1 amide bonds. The average molecular weight is 116 g/mol. The van der Waals surface area contributed by atoms with Crippen LogP contribution in [0.2, 0.25) is 1.41 Å². The van der Waals surface area contributed by atoms with Crippen molar-refractivity contribution in [1.29, 1.82) is 0 Å². The van der Waals surface area contributed by atoms with E-state index in [0.717, 1.165) is 6.08 Å². The zero-order valence-electron chi connectivity index (χ0n) is 5.50. The monoisotopic (exact) mass is 116 g/mol. The van der Waals surface area contributed by atoms with E-state index in [1.807, 2.05) is 0 Å². The summed E-state index contributed by atoms with van der Waals surface area (Å²) in [6.07, 6.45) is 1.03. The van der Waals surface area contributed by atoms with Crippen molar-refractivity contribution in [1.82, 2.24) is 5.31 Å². The van der Waals surface area contributed by atoms with E-state index in [1.54, 1.807) is 0 Å². The summed E-state index contributed by atoms with van der Waals surface area (Å²) in [6.45, 7) is 3.01. The molecule has 0 bridgehead atoms. The zero-order chi connectivity index (χ0) is 7.28. The third kappa shape index (κ3) is 3.36. The van der Waals surface area contributed by atoms with Gasteiger partial charge in [0.2, 0.25) is 5.91 Å². The number of aliphatic hydroxyl groups is 1. The van der Waals surface area contributed by atoms with Crippen molar-refractivity contribution >= 4 is 5.91 Å². The van der Waals surface area contributed by atoms with Crippen LogP contribution in [0, 0.1) is 0 Å². The lowest BCUT2D eigenvalue weighted by atomic mass is 10.5. The molecule has 0 saturated carbocycles. The summed E-state index contributed by atoms with van der Waals surface area (Å²) >= 11 is 0. The summed E-state index contributed by atoms with van der Waals surface area (Å²) in [7, 11) is 0. The number of carbonyl (C=O) groups is 1. The Bertz CT molecular complexity index is 116. The Morgan fingerprint density at radius 1 is 2.12 bits per heavy atom. The maximum Gasteiger partial charge on any atom is 0.243 e. The first-order chi connectivity index (χ1) is 4.22. The second-order valence-corrected chi connectivity index (χ2v) is 1.15. The second kappa shape index (κ2) is 4.33. The van der Waals surface area contributed by atoms with Crippen LogP contribution >= 0.6 is 0 Å². The SMILES string of the molecule is [2H]N(CCO)C(=O)C=C. The van der Waals surface area contributed by atoms with Gasteiger partial charge in [0.15, 0.2) is 1.41 Å². The molecule has 0 aliphatic heterocycles. The van der Waals surface area contributed by atoms with Gasteiger partial charge in [-0.2, -0.15) is 0 Å². The molecule has 3 heteroatoms. The number of nitrogens with one attached hydrogen (secondary N) is 1. The molecule has 3 nitrogen and oxygen atoms in total. The van der Waals surface area contributed by atoms with Gasteiger partial charge < -0.3 is 10.4 Å². The molecule has 8 heavy (non-hydrogen) atoms. The maximum atomic E-state index is 10.4. The first-order valence-electron chi connectivity index (χ1n) is 2.70. The van der Waals surface area contributed by atoms with Gasteiger partial charge in [0, 0.05) is 6.54 Å². The van der Waals surface area contributed by atoms with Crippen molar-refractivity contribution in [2.45, 2.75) is 0 Å². The highest BCUT2D eigenvalue weighted by atomic mass is 16.3. The number of rotatable bonds is 3. The Kier molecular flexibility index (Phi) is 2.88. The molecule has 0 aromatic heterocycles. The van der Waals surface area contributed by atoms with E-state index in [2.05, 4.69) is 6.58 Å². The van der Waals surface area contributed by atoms with Crippen molar-refractivity contribution in [3.8, 4) is 0 Å². The highest BCUT2D eigenvalue weighted by molar-refractivity contribution is 5.86. The Hall–Kier alpha value is -0.830. The highest BCUT2D eigenvalue weighted by Gasteiger charge is 1.87. The van der Waals surface area contributed by atoms with Crippen molar-refractivity contribution in [2.75, 3.05) is 13.2 Å². The molecule has 0 radical (unpaired) electrons. The summed E-state index contributed by atoms with van der Waals surface area (Å²) in [5, 5.41) is 8.88. The molecule has 0 aliphatic rings. The van der Waals surface area contributed by atoms with E-state index >= 15 is 0 Å². The van der Waals surface area contributed by atoms with Gasteiger partial charge in [-0.25, -0.2) is 0 Å². The van der Waals surface area contributed by atoms with Crippen molar-refractivity contribution in [3.63, 3.8) is 0 Å². The Morgan fingerprint density at radius 3 is 3.12 bits per heavy atom. The molecule has 0 aromatic rings. The first-order valence-corrected chi connectivity index (χ1v) is 2.26. The number of carbonyl (C=O) groups excluding carboxylic acids is 1. The Balaban J connectivity index is 3.58. The highest BCUT2D eigenvalue weighted by Crippen LogP contribution is 1.62. The number of amides is 1. The summed E-state index contributed by atoms with van der Waals surface area (Å²) < 4.78 is 6.83. The van der Waals surface area contributed by atoms with Gasteiger partial charge in [-0.15, -0.1) is 0 Å². The predicted octanol–water partition coefficient (Wildman–Crippen LogP) is -0.719. The molecule has 0 spiro atoms. The fourth-order valence-electron chi connectivity index (χ4n) is 0.225. The number of hydrogen-bond donors (Lipinski definition) is 2. The van der Waals surface area contributed by atoms with Crippen molar-refractivity contribution < 1.29 is 11.3 Å². The van der Waals surface area contributed by atoms with E-state index in [-0.39, 0.29) is 13.2 Å². The van der Waals surface area contributed by atoms with Gasteiger partial charge in [-0.05, 0) is 6.08 Å². The lowest BCUT2D eigenvalue weighted by Crippen LogP contribution is -2.23. The lowest BCUT2D eigenvalue weighted by molar-refractivity contribution is -0.116. The molecular weight excluding hydrogens is 106 g/mol. The summed E-state index contributed by atoms with van der Waals surface area (Å²) in [4.78, 5) is 10.4. The normalized spacial score (nSPS) is 9.88. The standard InChI is InChI=1S/C5H9NO2/c1-2-5(8)6-3-4-7/h2,7H,1,3-4H2,(H,6,8)/i/hD. The Morgan fingerprint density at radius 2 is 2.75 bits per heavy atom. The van der Waals surface area contributed by atoms with Crippen LogP contribution in [0.4, 0.5) is 0 Å². The molecular formula is C5H9NO2. The fourth-order valence-corrected chi connectivity index (χ4v) is 0.225.